The number of hydrogen-bond donors (Lipinski definition) is 1. The fourth-order valence-electron chi connectivity index (χ4n) is 1.94. The van der Waals surface area contributed by atoms with E-state index in [1.165, 1.54) is 12.5 Å². The van der Waals surface area contributed by atoms with Crippen molar-refractivity contribution in [3.05, 3.63) is 76.1 Å². The predicted octanol–water partition coefficient (Wildman–Crippen LogP) is 3.52. The summed E-state index contributed by atoms with van der Waals surface area (Å²) < 4.78 is 31.7. The molecule has 0 saturated heterocycles. The Bertz CT molecular complexity index is 919. The molecule has 1 aromatic heterocycles. The van der Waals surface area contributed by atoms with Crippen LogP contribution in [0.4, 0.5) is 14.5 Å². The van der Waals surface area contributed by atoms with Gasteiger partial charge < -0.3 is 4.42 Å². The van der Waals surface area contributed by atoms with Gasteiger partial charge in [-0.15, -0.1) is 0 Å². The zero-order chi connectivity index (χ0) is 15.5. The normalized spacial score (nSPS) is 11.2. The molecule has 0 fully saturated rings. The van der Waals surface area contributed by atoms with E-state index < -0.39 is 11.6 Å². The molecule has 0 atom stereocenters. The maximum Gasteiger partial charge on any atom is 0.201 e. The third-order valence-electron chi connectivity index (χ3n) is 3.02. The van der Waals surface area contributed by atoms with Crippen LogP contribution in [0.5, 0.6) is 0 Å². The first-order chi connectivity index (χ1) is 10.6. The van der Waals surface area contributed by atoms with E-state index in [1.807, 2.05) is 0 Å². The predicted molar refractivity (Wildman–Crippen MR) is 80.1 cm³/mol. The number of hydrogen-bond acceptors (Lipinski definition) is 4. The van der Waals surface area contributed by atoms with Crippen LogP contribution in [0.3, 0.4) is 0 Å². The lowest BCUT2D eigenvalue weighted by Gasteiger charge is -2.02. The number of nitrogens with zero attached hydrogens (tertiary/aromatic N) is 1. The Balaban J connectivity index is 1.88. The van der Waals surface area contributed by atoms with Gasteiger partial charge >= 0.3 is 0 Å². The third-order valence-corrected chi connectivity index (χ3v) is 3.02. The maximum absolute atomic E-state index is 13.4. The van der Waals surface area contributed by atoms with Gasteiger partial charge in [0.15, 0.2) is 0 Å². The van der Waals surface area contributed by atoms with Gasteiger partial charge in [0, 0.05) is 6.07 Å². The zero-order valence-electron chi connectivity index (χ0n) is 11.2. The molecule has 0 aliphatic carbocycles. The lowest BCUT2D eigenvalue weighted by atomic mass is 10.2. The Kier molecular flexibility index (Phi) is 3.65. The number of hydrazone groups is 1. The van der Waals surface area contributed by atoms with Crippen molar-refractivity contribution in [2.45, 2.75) is 0 Å². The number of anilines is 1. The number of para-hydroxylation sites is 1. The Hall–Kier alpha value is -3.02. The van der Waals surface area contributed by atoms with Crippen molar-refractivity contribution < 1.29 is 13.2 Å². The molecule has 3 rings (SSSR count). The fraction of sp³-hybridized carbons (Fsp3) is 0. The first-order valence-corrected chi connectivity index (χ1v) is 6.40. The third kappa shape index (κ3) is 2.71. The van der Waals surface area contributed by atoms with Gasteiger partial charge in [0.05, 0.1) is 22.9 Å². The van der Waals surface area contributed by atoms with Crippen molar-refractivity contribution in [1.82, 2.24) is 0 Å². The molecule has 2 aromatic carbocycles. The Morgan fingerprint density at radius 3 is 2.82 bits per heavy atom. The summed E-state index contributed by atoms with van der Waals surface area (Å²) in [6.07, 6.45) is 2.46. The number of nitrogens with one attached hydrogen (secondary N) is 1. The Morgan fingerprint density at radius 1 is 1.14 bits per heavy atom. The standard InChI is InChI=1S/C16H10F2N2O2/c17-11-5-6-13(18)14(7-11)20-19-8-10-9-22-15-4-2-1-3-12(15)16(10)21/h1-9,20H/b19-8+. The van der Waals surface area contributed by atoms with E-state index in [-0.39, 0.29) is 16.7 Å². The van der Waals surface area contributed by atoms with Crippen LogP contribution in [-0.2, 0) is 0 Å². The summed E-state index contributed by atoms with van der Waals surface area (Å²) >= 11 is 0. The van der Waals surface area contributed by atoms with Crippen molar-refractivity contribution in [3.8, 4) is 0 Å². The first kappa shape index (κ1) is 13.9. The number of halogens is 2. The van der Waals surface area contributed by atoms with Crippen LogP contribution in [-0.4, -0.2) is 6.21 Å². The fourth-order valence-corrected chi connectivity index (χ4v) is 1.94. The van der Waals surface area contributed by atoms with Crippen molar-refractivity contribution in [3.63, 3.8) is 0 Å². The van der Waals surface area contributed by atoms with E-state index in [1.54, 1.807) is 24.3 Å². The van der Waals surface area contributed by atoms with Crippen LogP contribution < -0.4 is 10.9 Å². The van der Waals surface area contributed by atoms with Gasteiger partial charge in [0.25, 0.3) is 0 Å². The molecule has 0 radical (unpaired) electrons. The summed E-state index contributed by atoms with van der Waals surface area (Å²) in [5.41, 5.74) is 2.63. The molecule has 0 amide bonds. The molecule has 6 heteroatoms. The minimum absolute atomic E-state index is 0.124. The van der Waals surface area contributed by atoms with Crippen LogP contribution in [0, 0.1) is 11.6 Å². The second-order valence-corrected chi connectivity index (χ2v) is 4.51. The molecule has 0 unspecified atom stereocenters. The molecule has 0 saturated carbocycles. The van der Waals surface area contributed by atoms with Gasteiger partial charge in [0.2, 0.25) is 5.43 Å². The summed E-state index contributed by atoms with van der Waals surface area (Å²) in [6, 6.07) is 9.75. The largest absolute Gasteiger partial charge is 0.463 e. The minimum atomic E-state index is -0.649. The molecule has 0 bridgehead atoms. The van der Waals surface area contributed by atoms with E-state index in [9.17, 15) is 13.6 Å². The maximum atomic E-state index is 13.4. The Labute approximate surface area is 123 Å². The van der Waals surface area contributed by atoms with Crippen LogP contribution in [0.1, 0.15) is 5.56 Å². The zero-order valence-corrected chi connectivity index (χ0v) is 11.2. The van der Waals surface area contributed by atoms with Crippen LogP contribution in [0.25, 0.3) is 11.0 Å². The monoisotopic (exact) mass is 300 g/mol. The highest BCUT2D eigenvalue weighted by Crippen LogP contribution is 2.15. The average Bonchev–Trinajstić information content (AvgIpc) is 2.53. The molecule has 0 spiro atoms. The Morgan fingerprint density at radius 2 is 1.95 bits per heavy atom. The highest BCUT2D eigenvalue weighted by molar-refractivity contribution is 5.86. The summed E-state index contributed by atoms with van der Waals surface area (Å²) in [7, 11) is 0. The highest BCUT2D eigenvalue weighted by Gasteiger charge is 2.05. The lowest BCUT2D eigenvalue weighted by molar-refractivity contribution is 0.601. The van der Waals surface area contributed by atoms with Crippen LogP contribution >= 0.6 is 0 Å². The van der Waals surface area contributed by atoms with Crippen LogP contribution in [0.2, 0.25) is 0 Å². The molecule has 22 heavy (non-hydrogen) atoms. The highest BCUT2D eigenvalue weighted by atomic mass is 19.1. The van der Waals surface area contributed by atoms with E-state index >= 15 is 0 Å². The quantitative estimate of drug-likeness (QED) is 0.595. The summed E-state index contributed by atoms with van der Waals surface area (Å²) in [4.78, 5) is 12.2. The van der Waals surface area contributed by atoms with Gasteiger partial charge in [-0.3, -0.25) is 10.2 Å². The van der Waals surface area contributed by atoms with Crippen molar-refractivity contribution in [1.29, 1.82) is 0 Å². The smallest absolute Gasteiger partial charge is 0.201 e. The molecule has 4 nitrogen and oxygen atoms in total. The summed E-state index contributed by atoms with van der Waals surface area (Å²) in [5, 5.41) is 4.16. The number of rotatable bonds is 3. The molecule has 0 aliphatic heterocycles. The van der Waals surface area contributed by atoms with Crippen molar-refractivity contribution in [2.75, 3.05) is 5.43 Å². The average molecular weight is 300 g/mol. The molecular formula is C16H10F2N2O2. The molecule has 110 valence electrons. The topological polar surface area (TPSA) is 54.6 Å². The van der Waals surface area contributed by atoms with Gasteiger partial charge in [-0.1, -0.05) is 12.1 Å². The van der Waals surface area contributed by atoms with E-state index in [4.69, 9.17) is 4.42 Å². The van der Waals surface area contributed by atoms with Gasteiger partial charge in [0.1, 0.15) is 23.5 Å². The minimum Gasteiger partial charge on any atom is -0.463 e. The van der Waals surface area contributed by atoms with Gasteiger partial charge in [-0.25, -0.2) is 8.78 Å². The first-order valence-electron chi connectivity index (χ1n) is 6.40. The summed E-state index contributed by atoms with van der Waals surface area (Å²) in [5.74, 6) is -1.24. The van der Waals surface area contributed by atoms with E-state index in [0.717, 1.165) is 18.2 Å². The second kappa shape index (κ2) is 5.77. The second-order valence-electron chi connectivity index (χ2n) is 4.51. The summed E-state index contributed by atoms with van der Waals surface area (Å²) in [6.45, 7) is 0. The molecular weight excluding hydrogens is 290 g/mol. The van der Waals surface area contributed by atoms with E-state index in [0.29, 0.717) is 11.0 Å². The molecule has 3 aromatic rings. The van der Waals surface area contributed by atoms with Crippen molar-refractivity contribution in [2.24, 2.45) is 5.10 Å². The van der Waals surface area contributed by atoms with Crippen LogP contribution in [0.15, 0.2) is 63.0 Å². The number of benzene rings is 2. The van der Waals surface area contributed by atoms with Gasteiger partial charge in [-0.2, -0.15) is 5.10 Å². The lowest BCUT2D eigenvalue weighted by Crippen LogP contribution is -2.08. The molecule has 1 N–H and O–H groups in total. The van der Waals surface area contributed by atoms with Gasteiger partial charge in [-0.05, 0) is 24.3 Å². The number of fused-ring (bicyclic) bond motifs is 1. The molecule has 0 aliphatic rings. The van der Waals surface area contributed by atoms with E-state index in [2.05, 4.69) is 10.5 Å². The van der Waals surface area contributed by atoms with Crippen molar-refractivity contribution >= 4 is 22.9 Å². The molecule has 1 heterocycles. The SMILES string of the molecule is O=c1c(/C=N/Nc2cc(F)ccc2F)coc2ccccc12.